The molecule has 0 bridgehead atoms. The fourth-order valence-corrected chi connectivity index (χ4v) is 5.82. The van der Waals surface area contributed by atoms with Crippen LogP contribution in [-0.4, -0.2) is 61.1 Å². The van der Waals surface area contributed by atoms with Crippen molar-refractivity contribution in [2.45, 2.75) is 12.8 Å². The average molecular weight is 476 g/mol. The Balaban J connectivity index is 1.42. The number of ether oxygens (including phenoxy) is 1. The summed E-state index contributed by atoms with van der Waals surface area (Å²) in [5.74, 6) is 1.38. The molecule has 0 N–H and O–H groups in total. The molecule has 2 aromatic heterocycles. The Labute approximate surface area is 200 Å². The summed E-state index contributed by atoms with van der Waals surface area (Å²) in [6, 6.07) is 22.5. The SMILES string of the molecule is COc1ccc(-c2ccc3c(CCCN4CCS(=O)(=O)CC4)cn(-c4ccccc4)c3n2)cc1. The maximum atomic E-state index is 11.7. The van der Waals surface area contributed by atoms with Crippen molar-refractivity contribution >= 4 is 20.9 Å². The number of fused-ring (bicyclic) bond motifs is 1. The zero-order valence-electron chi connectivity index (χ0n) is 19.4. The van der Waals surface area contributed by atoms with Gasteiger partial charge in [-0.1, -0.05) is 18.2 Å². The monoisotopic (exact) mass is 475 g/mol. The second kappa shape index (κ2) is 9.60. The smallest absolute Gasteiger partial charge is 0.152 e. The molecule has 0 amide bonds. The van der Waals surface area contributed by atoms with E-state index in [1.807, 2.05) is 42.5 Å². The van der Waals surface area contributed by atoms with Crippen LogP contribution in [0.25, 0.3) is 28.0 Å². The van der Waals surface area contributed by atoms with E-state index in [0.29, 0.717) is 13.1 Å². The molecule has 7 heteroatoms. The third kappa shape index (κ3) is 4.86. The first kappa shape index (κ1) is 22.6. The lowest BCUT2D eigenvalue weighted by molar-refractivity contribution is 0.292. The zero-order valence-corrected chi connectivity index (χ0v) is 20.2. The van der Waals surface area contributed by atoms with Crippen molar-refractivity contribution in [3.8, 4) is 22.7 Å². The number of aryl methyl sites for hydroxylation is 1. The maximum absolute atomic E-state index is 11.7. The lowest BCUT2D eigenvalue weighted by Gasteiger charge is -2.26. The highest BCUT2D eigenvalue weighted by Crippen LogP contribution is 2.29. The Morgan fingerprint density at radius 3 is 2.38 bits per heavy atom. The number of benzene rings is 2. The quantitative estimate of drug-likeness (QED) is 0.397. The van der Waals surface area contributed by atoms with E-state index >= 15 is 0 Å². The molecule has 0 aliphatic carbocycles. The number of nitrogens with zero attached hydrogens (tertiary/aromatic N) is 3. The Morgan fingerprint density at radius 1 is 0.941 bits per heavy atom. The van der Waals surface area contributed by atoms with Gasteiger partial charge in [0.15, 0.2) is 9.84 Å². The van der Waals surface area contributed by atoms with E-state index < -0.39 is 9.84 Å². The van der Waals surface area contributed by atoms with E-state index in [2.05, 4.69) is 39.9 Å². The molecule has 1 aliphatic rings. The van der Waals surface area contributed by atoms with E-state index in [4.69, 9.17) is 9.72 Å². The summed E-state index contributed by atoms with van der Waals surface area (Å²) in [5.41, 5.74) is 5.26. The average Bonchev–Trinajstić information content (AvgIpc) is 3.23. The molecule has 5 rings (SSSR count). The van der Waals surface area contributed by atoms with Crippen LogP contribution in [0.1, 0.15) is 12.0 Å². The molecule has 1 aliphatic heterocycles. The number of sulfone groups is 1. The summed E-state index contributed by atoms with van der Waals surface area (Å²) in [5, 5.41) is 1.15. The van der Waals surface area contributed by atoms with E-state index in [9.17, 15) is 8.42 Å². The molecule has 1 fully saturated rings. The molecule has 0 radical (unpaired) electrons. The first-order valence-electron chi connectivity index (χ1n) is 11.7. The minimum atomic E-state index is -2.84. The molecular formula is C27H29N3O3S. The van der Waals surface area contributed by atoms with Gasteiger partial charge >= 0.3 is 0 Å². The van der Waals surface area contributed by atoms with Crippen LogP contribution in [0, 0.1) is 0 Å². The Morgan fingerprint density at radius 2 is 1.68 bits per heavy atom. The van der Waals surface area contributed by atoms with Gasteiger partial charge < -0.3 is 14.2 Å². The second-order valence-corrected chi connectivity index (χ2v) is 11.1. The van der Waals surface area contributed by atoms with Gasteiger partial charge in [0.05, 0.1) is 24.3 Å². The number of methoxy groups -OCH3 is 1. The fraction of sp³-hybridized carbons (Fsp3) is 0.296. The number of hydrogen-bond acceptors (Lipinski definition) is 5. The Hall–Kier alpha value is -3.16. The Kier molecular flexibility index (Phi) is 6.39. The van der Waals surface area contributed by atoms with Crippen LogP contribution in [0.15, 0.2) is 72.9 Å². The first-order chi connectivity index (χ1) is 16.5. The molecule has 0 atom stereocenters. The molecule has 0 spiro atoms. The number of aromatic nitrogens is 2. The number of rotatable bonds is 7. The first-order valence-corrected chi connectivity index (χ1v) is 13.5. The lowest BCUT2D eigenvalue weighted by Crippen LogP contribution is -2.40. The number of hydrogen-bond donors (Lipinski definition) is 0. The number of para-hydroxylation sites is 1. The highest BCUT2D eigenvalue weighted by Gasteiger charge is 2.21. The normalized spacial score (nSPS) is 16.0. The minimum Gasteiger partial charge on any atom is -0.497 e. The molecule has 4 aromatic rings. The van der Waals surface area contributed by atoms with Gasteiger partial charge in [-0.25, -0.2) is 13.4 Å². The molecule has 1 saturated heterocycles. The third-order valence-corrected chi connectivity index (χ3v) is 8.12. The summed E-state index contributed by atoms with van der Waals surface area (Å²) in [6.45, 7) is 2.19. The van der Waals surface area contributed by atoms with Crippen molar-refractivity contribution in [2.24, 2.45) is 0 Å². The van der Waals surface area contributed by atoms with Crippen molar-refractivity contribution in [1.82, 2.24) is 14.5 Å². The van der Waals surface area contributed by atoms with Crippen LogP contribution in [0.3, 0.4) is 0 Å². The topological polar surface area (TPSA) is 64.4 Å². The van der Waals surface area contributed by atoms with Crippen LogP contribution >= 0.6 is 0 Å². The Bertz CT molecular complexity index is 1370. The zero-order chi connectivity index (χ0) is 23.5. The highest BCUT2D eigenvalue weighted by molar-refractivity contribution is 7.91. The van der Waals surface area contributed by atoms with Crippen LogP contribution in [0.5, 0.6) is 5.75 Å². The van der Waals surface area contributed by atoms with Crippen molar-refractivity contribution in [3.05, 3.63) is 78.5 Å². The highest BCUT2D eigenvalue weighted by atomic mass is 32.2. The van der Waals surface area contributed by atoms with Gasteiger partial charge in [-0.05, 0) is 73.5 Å². The summed E-state index contributed by atoms with van der Waals surface area (Å²) < 4.78 is 30.9. The fourth-order valence-electron chi connectivity index (χ4n) is 4.54. The van der Waals surface area contributed by atoms with Crippen molar-refractivity contribution in [2.75, 3.05) is 38.2 Å². The van der Waals surface area contributed by atoms with Crippen LogP contribution in [0.4, 0.5) is 0 Å². The standard InChI is InChI=1S/C27H29N3O3S/c1-33-24-11-9-21(10-12-24)26-14-13-25-22(6-5-15-29-16-18-34(31,32)19-17-29)20-30(27(25)28-26)23-7-3-2-4-8-23/h2-4,7-14,20H,5-6,15-19H2,1H3. The van der Waals surface area contributed by atoms with Gasteiger partial charge in [0.2, 0.25) is 0 Å². The summed E-state index contributed by atoms with van der Waals surface area (Å²) in [6.07, 6.45) is 4.10. The van der Waals surface area contributed by atoms with Gasteiger partial charge in [-0.2, -0.15) is 0 Å². The van der Waals surface area contributed by atoms with Crippen molar-refractivity contribution < 1.29 is 13.2 Å². The van der Waals surface area contributed by atoms with E-state index in [1.165, 1.54) is 5.56 Å². The molecule has 6 nitrogen and oxygen atoms in total. The molecule has 176 valence electrons. The van der Waals surface area contributed by atoms with Gasteiger partial charge in [0, 0.05) is 35.9 Å². The molecule has 3 heterocycles. The maximum Gasteiger partial charge on any atom is 0.152 e. The van der Waals surface area contributed by atoms with Crippen LogP contribution in [0.2, 0.25) is 0 Å². The molecular weight excluding hydrogens is 446 g/mol. The summed E-state index contributed by atoms with van der Waals surface area (Å²) >= 11 is 0. The second-order valence-electron chi connectivity index (χ2n) is 8.75. The van der Waals surface area contributed by atoms with Crippen molar-refractivity contribution in [1.29, 1.82) is 0 Å². The molecule has 0 saturated carbocycles. The molecule has 0 unspecified atom stereocenters. The minimum absolute atomic E-state index is 0.276. The lowest BCUT2D eigenvalue weighted by atomic mass is 10.1. The van der Waals surface area contributed by atoms with Gasteiger partial charge in [0.1, 0.15) is 11.4 Å². The van der Waals surface area contributed by atoms with Crippen LogP contribution < -0.4 is 4.74 Å². The molecule has 34 heavy (non-hydrogen) atoms. The summed E-state index contributed by atoms with van der Waals surface area (Å²) in [4.78, 5) is 7.32. The van der Waals surface area contributed by atoms with Crippen LogP contribution in [-0.2, 0) is 16.3 Å². The van der Waals surface area contributed by atoms with E-state index in [0.717, 1.165) is 53.1 Å². The van der Waals surface area contributed by atoms with Gasteiger partial charge in [-0.3, -0.25) is 0 Å². The third-order valence-electron chi connectivity index (χ3n) is 6.51. The van der Waals surface area contributed by atoms with E-state index in [1.54, 1.807) is 7.11 Å². The van der Waals surface area contributed by atoms with Gasteiger partial charge in [-0.15, -0.1) is 0 Å². The van der Waals surface area contributed by atoms with Gasteiger partial charge in [0.25, 0.3) is 0 Å². The number of pyridine rings is 1. The van der Waals surface area contributed by atoms with E-state index in [-0.39, 0.29) is 11.5 Å². The summed E-state index contributed by atoms with van der Waals surface area (Å²) in [7, 11) is -1.17. The van der Waals surface area contributed by atoms with Crippen molar-refractivity contribution in [3.63, 3.8) is 0 Å². The largest absolute Gasteiger partial charge is 0.497 e. The molecule has 2 aromatic carbocycles. The predicted octanol–water partition coefficient (Wildman–Crippen LogP) is 4.36. The predicted molar refractivity (Wildman–Crippen MR) is 136 cm³/mol.